The molecule has 1 aliphatic rings. The van der Waals surface area contributed by atoms with E-state index in [4.69, 9.17) is 4.74 Å². The number of rotatable bonds is 8. The molecule has 2 N–H and O–H groups in total. The first-order valence-electron chi connectivity index (χ1n) is 7.07. The molecule has 110 valence electrons. The van der Waals surface area contributed by atoms with Gasteiger partial charge in [-0.3, -0.25) is 9.59 Å². The quantitative estimate of drug-likeness (QED) is 0.470. The molecule has 1 rings (SSSR count). The van der Waals surface area contributed by atoms with E-state index >= 15 is 0 Å². The van der Waals surface area contributed by atoms with Gasteiger partial charge in [-0.25, -0.2) is 0 Å². The molecule has 1 aliphatic heterocycles. The highest BCUT2D eigenvalue weighted by Gasteiger charge is 2.09. The lowest BCUT2D eigenvalue weighted by molar-refractivity contribution is -0.144. The Morgan fingerprint density at radius 2 is 2.00 bits per heavy atom. The predicted molar refractivity (Wildman–Crippen MR) is 72.8 cm³/mol. The van der Waals surface area contributed by atoms with Crippen molar-refractivity contribution in [3.8, 4) is 0 Å². The smallest absolute Gasteiger partial charge is 0.306 e. The average Bonchev–Trinajstić information content (AvgIpc) is 2.43. The molecule has 0 aliphatic carbocycles. The van der Waals surface area contributed by atoms with E-state index < -0.39 is 0 Å². The Morgan fingerprint density at radius 1 is 1.26 bits per heavy atom. The first-order chi connectivity index (χ1) is 9.22. The predicted octanol–water partition coefficient (Wildman–Crippen LogP) is -0.259. The van der Waals surface area contributed by atoms with Crippen LogP contribution < -0.4 is 10.6 Å². The van der Waals surface area contributed by atoms with Crippen LogP contribution in [0.15, 0.2) is 0 Å². The third-order valence-electron chi connectivity index (χ3n) is 3.04. The van der Waals surface area contributed by atoms with Gasteiger partial charge in [0.25, 0.3) is 0 Å². The van der Waals surface area contributed by atoms with Gasteiger partial charge in [-0.1, -0.05) is 0 Å². The number of esters is 1. The molecule has 0 unspecified atom stereocenters. The van der Waals surface area contributed by atoms with Crippen molar-refractivity contribution < 1.29 is 14.3 Å². The maximum atomic E-state index is 11.5. The molecule has 1 saturated heterocycles. The molecule has 0 bridgehead atoms. The highest BCUT2D eigenvalue weighted by molar-refractivity contribution is 5.81. The lowest BCUT2D eigenvalue weighted by atomic mass is 10.3. The molecule has 1 heterocycles. The van der Waals surface area contributed by atoms with Gasteiger partial charge in [0.15, 0.2) is 0 Å². The van der Waals surface area contributed by atoms with E-state index in [1.807, 2.05) is 0 Å². The van der Waals surface area contributed by atoms with Crippen LogP contribution in [0.3, 0.4) is 0 Å². The standard InChI is InChI=1S/C13H25N3O3/c1-2-19-13(18)5-4-12(17)15-6-3-9-16-10-7-14-8-11-16/h14H,2-11H2,1H3,(H,15,17). The first-order valence-corrected chi connectivity index (χ1v) is 7.07. The maximum Gasteiger partial charge on any atom is 0.306 e. The van der Waals surface area contributed by atoms with Crippen molar-refractivity contribution in [1.82, 2.24) is 15.5 Å². The van der Waals surface area contributed by atoms with E-state index in [1.54, 1.807) is 6.92 Å². The summed E-state index contributed by atoms with van der Waals surface area (Å²) in [6.45, 7) is 8.07. The molecular weight excluding hydrogens is 246 g/mol. The summed E-state index contributed by atoms with van der Waals surface area (Å²) >= 11 is 0. The van der Waals surface area contributed by atoms with Gasteiger partial charge in [-0.05, 0) is 19.9 Å². The molecule has 0 saturated carbocycles. The van der Waals surface area contributed by atoms with Crippen LogP contribution in [0, 0.1) is 0 Å². The topological polar surface area (TPSA) is 70.7 Å². The van der Waals surface area contributed by atoms with Crippen molar-refractivity contribution in [2.75, 3.05) is 45.9 Å². The number of carbonyl (C=O) groups excluding carboxylic acids is 2. The Labute approximate surface area is 114 Å². The number of hydrogen-bond donors (Lipinski definition) is 2. The second-order valence-corrected chi connectivity index (χ2v) is 4.60. The molecule has 1 amide bonds. The molecule has 0 aromatic carbocycles. The zero-order chi connectivity index (χ0) is 13.9. The minimum atomic E-state index is -0.307. The minimum Gasteiger partial charge on any atom is -0.466 e. The fraction of sp³-hybridized carbons (Fsp3) is 0.846. The van der Waals surface area contributed by atoms with Crippen LogP contribution in [0.25, 0.3) is 0 Å². The van der Waals surface area contributed by atoms with Crippen molar-refractivity contribution in [1.29, 1.82) is 0 Å². The van der Waals surface area contributed by atoms with E-state index in [0.717, 1.165) is 39.1 Å². The van der Waals surface area contributed by atoms with E-state index in [0.29, 0.717) is 13.2 Å². The number of piperazine rings is 1. The van der Waals surface area contributed by atoms with Crippen LogP contribution in [0.1, 0.15) is 26.2 Å². The van der Waals surface area contributed by atoms with Crippen molar-refractivity contribution in [3.63, 3.8) is 0 Å². The Morgan fingerprint density at radius 3 is 2.68 bits per heavy atom. The normalized spacial score (nSPS) is 16.1. The molecule has 0 aromatic rings. The Kier molecular flexibility index (Phi) is 8.16. The summed E-state index contributed by atoms with van der Waals surface area (Å²) in [6.07, 6.45) is 1.33. The lowest BCUT2D eigenvalue weighted by Crippen LogP contribution is -2.44. The number of nitrogens with zero attached hydrogens (tertiary/aromatic N) is 1. The second-order valence-electron chi connectivity index (χ2n) is 4.60. The highest BCUT2D eigenvalue weighted by Crippen LogP contribution is 1.95. The zero-order valence-corrected chi connectivity index (χ0v) is 11.7. The van der Waals surface area contributed by atoms with Crippen LogP contribution in [0.4, 0.5) is 0 Å². The van der Waals surface area contributed by atoms with Gasteiger partial charge in [-0.15, -0.1) is 0 Å². The molecule has 0 radical (unpaired) electrons. The van der Waals surface area contributed by atoms with Gasteiger partial charge in [0, 0.05) is 39.1 Å². The lowest BCUT2D eigenvalue weighted by Gasteiger charge is -2.27. The summed E-state index contributed by atoms with van der Waals surface area (Å²) in [7, 11) is 0. The Hall–Kier alpha value is -1.14. The van der Waals surface area contributed by atoms with Crippen molar-refractivity contribution in [2.24, 2.45) is 0 Å². The largest absolute Gasteiger partial charge is 0.466 e. The van der Waals surface area contributed by atoms with Crippen molar-refractivity contribution >= 4 is 11.9 Å². The van der Waals surface area contributed by atoms with Crippen LogP contribution in [0.2, 0.25) is 0 Å². The van der Waals surface area contributed by atoms with E-state index in [-0.39, 0.29) is 24.7 Å². The van der Waals surface area contributed by atoms with Crippen LogP contribution in [-0.4, -0.2) is 62.7 Å². The molecule has 0 spiro atoms. The third kappa shape index (κ3) is 7.79. The number of nitrogens with one attached hydrogen (secondary N) is 2. The van der Waals surface area contributed by atoms with Gasteiger partial charge >= 0.3 is 5.97 Å². The Balaban J connectivity index is 1.96. The highest BCUT2D eigenvalue weighted by atomic mass is 16.5. The summed E-state index contributed by atoms with van der Waals surface area (Å²) in [5.41, 5.74) is 0. The first kappa shape index (κ1) is 15.9. The van der Waals surface area contributed by atoms with Gasteiger partial charge in [0.1, 0.15) is 0 Å². The molecule has 19 heavy (non-hydrogen) atoms. The maximum absolute atomic E-state index is 11.5. The number of ether oxygens (including phenoxy) is 1. The van der Waals surface area contributed by atoms with E-state index in [9.17, 15) is 9.59 Å². The second kappa shape index (κ2) is 9.75. The summed E-state index contributed by atoms with van der Waals surface area (Å²) in [4.78, 5) is 24.9. The summed E-state index contributed by atoms with van der Waals surface area (Å²) in [5.74, 6) is -0.383. The van der Waals surface area contributed by atoms with Gasteiger partial charge < -0.3 is 20.3 Å². The van der Waals surface area contributed by atoms with Gasteiger partial charge in [0.2, 0.25) is 5.91 Å². The molecule has 6 heteroatoms. The minimum absolute atomic E-state index is 0.0756. The summed E-state index contributed by atoms with van der Waals surface area (Å²) in [5, 5.41) is 6.14. The molecule has 1 fully saturated rings. The average molecular weight is 271 g/mol. The molecule has 0 atom stereocenters. The monoisotopic (exact) mass is 271 g/mol. The van der Waals surface area contributed by atoms with Crippen molar-refractivity contribution in [2.45, 2.75) is 26.2 Å². The number of carbonyl (C=O) groups is 2. The van der Waals surface area contributed by atoms with Crippen LogP contribution in [-0.2, 0) is 14.3 Å². The van der Waals surface area contributed by atoms with E-state index in [1.165, 1.54) is 0 Å². The fourth-order valence-electron chi connectivity index (χ4n) is 2.00. The SMILES string of the molecule is CCOC(=O)CCC(=O)NCCCN1CCNCC1. The molecule has 0 aromatic heterocycles. The summed E-state index contributed by atoms with van der Waals surface area (Å²) in [6, 6.07) is 0. The third-order valence-corrected chi connectivity index (χ3v) is 3.04. The zero-order valence-electron chi connectivity index (χ0n) is 11.7. The van der Waals surface area contributed by atoms with Crippen LogP contribution >= 0.6 is 0 Å². The van der Waals surface area contributed by atoms with Crippen molar-refractivity contribution in [3.05, 3.63) is 0 Å². The summed E-state index contributed by atoms with van der Waals surface area (Å²) < 4.78 is 4.77. The molecule has 6 nitrogen and oxygen atoms in total. The molecular formula is C13H25N3O3. The number of hydrogen-bond acceptors (Lipinski definition) is 5. The van der Waals surface area contributed by atoms with Gasteiger partial charge in [0.05, 0.1) is 13.0 Å². The van der Waals surface area contributed by atoms with E-state index in [2.05, 4.69) is 15.5 Å². The Bertz CT molecular complexity index is 278. The number of amides is 1. The van der Waals surface area contributed by atoms with Crippen LogP contribution in [0.5, 0.6) is 0 Å². The fourth-order valence-corrected chi connectivity index (χ4v) is 2.00. The van der Waals surface area contributed by atoms with Gasteiger partial charge in [-0.2, -0.15) is 0 Å².